The molecule has 172 valence electrons. The summed E-state index contributed by atoms with van der Waals surface area (Å²) < 4.78 is 0. The predicted molar refractivity (Wildman–Crippen MR) is 142 cm³/mol. The Balaban J connectivity index is 0.00000341. The van der Waals surface area contributed by atoms with Crippen LogP contribution in [-0.2, 0) is 26.1 Å². The number of likely N-dealkylation sites (N-methyl/N-ethyl adjacent to an activating group) is 1. The Labute approximate surface area is 208 Å². The molecule has 0 unspecified atom stereocenters. The van der Waals surface area contributed by atoms with Crippen molar-refractivity contribution in [3.8, 4) is 0 Å². The van der Waals surface area contributed by atoms with Crippen LogP contribution >= 0.6 is 35.3 Å². The van der Waals surface area contributed by atoms with Crippen LogP contribution < -0.4 is 10.6 Å². The highest BCUT2D eigenvalue weighted by Gasteiger charge is 2.16. The first-order chi connectivity index (χ1) is 14.7. The van der Waals surface area contributed by atoms with Crippen LogP contribution in [0.15, 0.2) is 35.5 Å². The van der Waals surface area contributed by atoms with Crippen LogP contribution in [0.25, 0.3) is 0 Å². The molecule has 1 aliphatic rings. The van der Waals surface area contributed by atoms with E-state index >= 15 is 0 Å². The number of piperazine rings is 1. The zero-order valence-electron chi connectivity index (χ0n) is 19.1. The molecule has 2 N–H and O–H groups in total. The third-order valence-corrected chi connectivity index (χ3v) is 6.67. The Morgan fingerprint density at radius 3 is 2.39 bits per heavy atom. The standard InChI is InChI=1S/C23H36N6S.HI/c1-4-21-16-25-22(30-21)17-27-23(24-5-2)26-15-19-9-7-8-10-20(19)18-29-13-11-28(6-3)12-14-29;/h7-10,16H,4-6,11-15,17-18H2,1-3H3,(H2,24,26,27);1H. The normalized spacial score (nSPS) is 15.5. The summed E-state index contributed by atoms with van der Waals surface area (Å²) in [5.74, 6) is 0.845. The van der Waals surface area contributed by atoms with Crippen LogP contribution in [0.4, 0.5) is 0 Å². The van der Waals surface area contributed by atoms with E-state index in [0.717, 1.165) is 50.1 Å². The first-order valence-electron chi connectivity index (χ1n) is 11.2. The van der Waals surface area contributed by atoms with Gasteiger partial charge in [-0.25, -0.2) is 9.98 Å². The molecule has 0 amide bonds. The molecule has 3 rings (SSSR count). The Bertz CT molecular complexity index is 801. The second-order valence-electron chi connectivity index (χ2n) is 7.60. The molecule has 6 nitrogen and oxygen atoms in total. The van der Waals surface area contributed by atoms with Gasteiger partial charge in [0.25, 0.3) is 0 Å². The zero-order valence-corrected chi connectivity index (χ0v) is 22.2. The molecule has 31 heavy (non-hydrogen) atoms. The summed E-state index contributed by atoms with van der Waals surface area (Å²) >= 11 is 1.77. The molecule has 0 atom stereocenters. The van der Waals surface area contributed by atoms with Crippen molar-refractivity contribution < 1.29 is 0 Å². The molecule has 1 aromatic heterocycles. The van der Waals surface area contributed by atoms with Crippen molar-refractivity contribution in [1.82, 2.24) is 25.4 Å². The average Bonchev–Trinajstić information content (AvgIpc) is 3.25. The van der Waals surface area contributed by atoms with Crippen LogP contribution in [0.3, 0.4) is 0 Å². The summed E-state index contributed by atoms with van der Waals surface area (Å²) in [5.41, 5.74) is 2.68. The largest absolute Gasteiger partial charge is 0.357 e. The second-order valence-corrected chi connectivity index (χ2v) is 8.80. The van der Waals surface area contributed by atoms with E-state index in [1.165, 1.54) is 29.1 Å². The number of aryl methyl sites for hydroxylation is 1. The molecular formula is C23H37IN6S. The Kier molecular flexibility index (Phi) is 11.8. The third-order valence-electron chi connectivity index (χ3n) is 5.53. The molecule has 0 radical (unpaired) electrons. The van der Waals surface area contributed by atoms with Gasteiger partial charge in [0.2, 0.25) is 0 Å². The molecule has 0 saturated carbocycles. The number of aliphatic imine (C=N–C) groups is 1. The molecule has 0 spiro atoms. The predicted octanol–water partition coefficient (Wildman–Crippen LogP) is 3.72. The summed E-state index contributed by atoms with van der Waals surface area (Å²) in [6.07, 6.45) is 3.01. The lowest BCUT2D eigenvalue weighted by molar-refractivity contribution is 0.131. The van der Waals surface area contributed by atoms with Gasteiger partial charge in [-0.05, 0) is 31.0 Å². The number of aromatic nitrogens is 1. The fourth-order valence-corrected chi connectivity index (χ4v) is 4.43. The molecule has 0 bridgehead atoms. The van der Waals surface area contributed by atoms with E-state index in [1.54, 1.807) is 11.3 Å². The van der Waals surface area contributed by atoms with Gasteiger partial charge in [0.1, 0.15) is 5.01 Å². The molecule has 0 aliphatic carbocycles. The summed E-state index contributed by atoms with van der Waals surface area (Å²) in [4.78, 5) is 15.7. The molecule has 1 saturated heterocycles. The first kappa shape index (κ1) is 26.0. The van der Waals surface area contributed by atoms with E-state index in [0.29, 0.717) is 13.1 Å². The summed E-state index contributed by atoms with van der Waals surface area (Å²) in [6, 6.07) is 8.71. The van der Waals surface area contributed by atoms with Gasteiger partial charge in [-0.2, -0.15) is 0 Å². The number of nitrogens with zero attached hydrogens (tertiary/aromatic N) is 4. The van der Waals surface area contributed by atoms with Gasteiger partial charge in [-0.1, -0.05) is 38.1 Å². The maximum Gasteiger partial charge on any atom is 0.191 e. The van der Waals surface area contributed by atoms with Gasteiger partial charge in [0.05, 0.1) is 13.1 Å². The van der Waals surface area contributed by atoms with Crippen molar-refractivity contribution in [2.45, 2.75) is 46.8 Å². The topological polar surface area (TPSA) is 55.8 Å². The third kappa shape index (κ3) is 8.32. The Morgan fingerprint density at radius 2 is 1.74 bits per heavy atom. The molecule has 2 aromatic rings. The van der Waals surface area contributed by atoms with Gasteiger partial charge in [0.15, 0.2) is 5.96 Å². The highest BCUT2D eigenvalue weighted by atomic mass is 127. The number of guanidine groups is 1. The summed E-state index contributed by atoms with van der Waals surface area (Å²) in [7, 11) is 0. The van der Waals surface area contributed by atoms with Crippen molar-refractivity contribution in [3.63, 3.8) is 0 Å². The maximum absolute atomic E-state index is 4.85. The second kappa shape index (κ2) is 14.0. The minimum Gasteiger partial charge on any atom is -0.357 e. The van der Waals surface area contributed by atoms with Crippen molar-refractivity contribution in [2.24, 2.45) is 4.99 Å². The molecular weight excluding hydrogens is 519 g/mol. The lowest BCUT2D eigenvalue weighted by atomic mass is 10.1. The number of rotatable bonds is 9. The van der Waals surface area contributed by atoms with Gasteiger partial charge in [0, 0.05) is 50.3 Å². The van der Waals surface area contributed by atoms with Gasteiger partial charge in [-0.3, -0.25) is 4.90 Å². The summed E-state index contributed by atoms with van der Waals surface area (Å²) in [6.45, 7) is 15.5. The first-order valence-corrected chi connectivity index (χ1v) is 12.0. The number of nitrogens with one attached hydrogen (secondary N) is 2. The number of hydrogen-bond acceptors (Lipinski definition) is 5. The monoisotopic (exact) mass is 556 g/mol. The fraction of sp³-hybridized carbons (Fsp3) is 0.565. The Morgan fingerprint density at radius 1 is 1.03 bits per heavy atom. The van der Waals surface area contributed by atoms with E-state index in [1.807, 2.05) is 6.20 Å². The van der Waals surface area contributed by atoms with Crippen LogP contribution in [-0.4, -0.2) is 60.0 Å². The smallest absolute Gasteiger partial charge is 0.191 e. The zero-order chi connectivity index (χ0) is 21.2. The molecule has 1 aliphatic heterocycles. The number of halogens is 1. The highest BCUT2D eigenvalue weighted by Crippen LogP contribution is 2.15. The van der Waals surface area contributed by atoms with E-state index in [9.17, 15) is 0 Å². The number of hydrogen-bond donors (Lipinski definition) is 2. The minimum absolute atomic E-state index is 0. The average molecular weight is 557 g/mol. The van der Waals surface area contributed by atoms with Gasteiger partial charge < -0.3 is 15.5 Å². The van der Waals surface area contributed by atoms with Crippen LogP contribution in [0.2, 0.25) is 0 Å². The molecule has 1 fully saturated rings. The van der Waals surface area contributed by atoms with Crippen LogP contribution in [0.5, 0.6) is 0 Å². The van der Waals surface area contributed by atoms with Crippen molar-refractivity contribution in [3.05, 3.63) is 51.5 Å². The van der Waals surface area contributed by atoms with E-state index in [4.69, 9.17) is 4.99 Å². The Hall–Kier alpha value is -1.23. The quantitative estimate of drug-likeness (QED) is 0.280. The highest BCUT2D eigenvalue weighted by molar-refractivity contribution is 14.0. The SMILES string of the molecule is CCNC(=NCc1ccccc1CN1CCN(CC)CC1)NCc1ncc(CC)s1.I. The van der Waals surface area contributed by atoms with E-state index in [-0.39, 0.29) is 24.0 Å². The molecule has 1 aromatic carbocycles. The summed E-state index contributed by atoms with van der Waals surface area (Å²) in [5, 5.41) is 7.88. The van der Waals surface area contributed by atoms with Crippen LogP contribution in [0.1, 0.15) is 41.8 Å². The minimum atomic E-state index is 0. The van der Waals surface area contributed by atoms with Crippen molar-refractivity contribution in [1.29, 1.82) is 0 Å². The van der Waals surface area contributed by atoms with Crippen molar-refractivity contribution in [2.75, 3.05) is 39.3 Å². The fourth-order valence-electron chi connectivity index (χ4n) is 3.63. The lowest BCUT2D eigenvalue weighted by Crippen LogP contribution is -2.45. The van der Waals surface area contributed by atoms with Crippen molar-refractivity contribution >= 4 is 41.3 Å². The van der Waals surface area contributed by atoms with Crippen LogP contribution in [0, 0.1) is 0 Å². The number of thiazole rings is 1. The number of benzene rings is 1. The van der Waals surface area contributed by atoms with E-state index in [2.05, 4.69) is 70.5 Å². The molecule has 8 heteroatoms. The van der Waals surface area contributed by atoms with E-state index < -0.39 is 0 Å². The lowest BCUT2D eigenvalue weighted by Gasteiger charge is -2.34. The molecule has 2 heterocycles. The maximum atomic E-state index is 4.85. The van der Waals surface area contributed by atoms with Gasteiger partial charge in [-0.15, -0.1) is 35.3 Å². The van der Waals surface area contributed by atoms with Gasteiger partial charge >= 0.3 is 0 Å².